The van der Waals surface area contributed by atoms with Crippen molar-refractivity contribution in [1.29, 1.82) is 0 Å². The lowest BCUT2D eigenvalue weighted by Crippen LogP contribution is -2.39. The van der Waals surface area contributed by atoms with Crippen LogP contribution in [0.25, 0.3) is 0 Å². The fourth-order valence-electron chi connectivity index (χ4n) is 1.79. The van der Waals surface area contributed by atoms with Crippen molar-refractivity contribution in [3.8, 4) is 0 Å². The maximum absolute atomic E-state index is 11.9. The molecule has 0 aromatic heterocycles. The molecule has 1 rings (SSSR count). The number of hydrogen-bond acceptors (Lipinski definition) is 4. The molecule has 6 nitrogen and oxygen atoms in total. The Morgan fingerprint density at radius 3 is 2.82 bits per heavy atom. The maximum atomic E-state index is 11.9. The van der Waals surface area contributed by atoms with E-state index in [1.165, 1.54) is 12.0 Å². The van der Waals surface area contributed by atoms with Crippen molar-refractivity contribution < 1.29 is 24.2 Å². The van der Waals surface area contributed by atoms with Crippen LogP contribution in [0.4, 0.5) is 0 Å². The van der Waals surface area contributed by atoms with Gasteiger partial charge >= 0.3 is 5.97 Å². The molecule has 1 saturated heterocycles. The van der Waals surface area contributed by atoms with Crippen molar-refractivity contribution in [1.82, 2.24) is 4.90 Å². The summed E-state index contributed by atoms with van der Waals surface area (Å²) in [4.78, 5) is 23.8. The SMILES string of the molecule is COCCN(CC(=O)O)C(=O)CC1CCCO1. The Bertz CT molecular complexity index is 263. The normalized spacial score (nSPS) is 19.2. The molecule has 6 heteroatoms. The van der Waals surface area contributed by atoms with E-state index >= 15 is 0 Å². The van der Waals surface area contributed by atoms with Crippen LogP contribution in [0.1, 0.15) is 19.3 Å². The summed E-state index contributed by atoms with van der Waals surface area (Å²) in [7, 11) is 1.52. The minimum absolute atomic E-state index is 0.0543. The molecule has 1 atom stereocenters. The van der Waals surface area contributed by atoms with Gasteiger partial charge in [0.2, 0.25) is 5.91 Å². The molecule has 1 heterocycles. The van der Waals surface area contributed by atoms with E-state index in [1.54, 1.807) is 0 Å². The molecular weight excluding hydrogens is 226 g/mol. The molecule has 1 unspecified atom stereocenters. The number of carbonyl (C=O) groups excluding carboxylic acids is 1. The number of hydrogen-bond donors (Lipinski definition) is 1. The molecule has 0 bridgehead atoms. The van der Waals surface area contributed by atoms with Crippen molar-refractivity contribution >= 4 is 11.9 Å². The summed E-state index contributed by atoms with van der Waals surface area (Å²) in [5.41, 5.74) is 0. The third kappa shape index (κ3) is 5.14. The second-order valence-electron chi connectivity index (χ2n) is 4.04. The molecule has 0 aromatic rings. The van der Waals surface area contributed by atoms with Crippen LogP contribution in [0.3, 0.4) is 0 Å². The van der Waals surface area contributed by atoms with E-state index in [0.29, 0.717) is 19.8 Å². The van der Waals surface area contributed by atoms with Gasteiger partial charge in [-0.15, -0.1) is 0 Å². The number of rotatable bonds is 7. The summed E-state index contributed by atoms with van der Waals surface area (Å²) in [6.07, 6.45) is 2.05. The summed E-state index contributed by atoms with van der Waals surface area (Å²) < 4.78 is 10.2. The van der Waals surface area contributed by atoms with E-state index in [4.69, 9.17) is 14.6 Å². The lowest BCUT2D eigenvalue weighted by atomic mass is 10.1. The molecule has 0 saturated carbocycles. The summed E-state index contributed by atoms with van der Waals surface area (Å²) in [6.45, 7) is 1.04. The van der Waals surface area contributed by atoms with Crippen molar-refractivity contribution in [2.24, 2.45) is 0 Å². The average molecular weight is 245 g/mol. The van der Waals surface area contributed by atoms with Crippen LogP contribution < -0.4 is 0 Å². The molecule has 0 radical (unpaired) electrons. The molecular formula is C11H19NO5. The topological polar surface area (TPSA) is 76.1 Å². The van der Waals surface area contributed by atoms with E-state index in [1.807, 2.05) is 0 Å². The van der Waals surface area contributed by atoms with E-state index in [-0.39, 0.29) is 25.0 Å². The maximum Gasteiger partial charge on any atom is 0.323 e. The highest BCUT2D eigenvalue weighted by atomic mass is 16.5. The number of nitrogens with zero attached hydrogens (tertiary/aromatic N) is 1. The van der Waals surface area contributed by atoms with E-state index in [0.717, 1.165) is 12.8 Å². The van der Waals surface area contributed by atoms with Gasteiger partial charge in [-0.25, -0.2) is 0 Å². The molecule has 0 aliphatic carbocycles. The number of amides is 1. The van der Waals surface area contributed by atoms with Crippen molar-refractivity contribution in [3.05, 3.63) is 0 Å². The van der Waals surface area contributed by atoms with Gasteiger partial charge in [0, 0.05) is 20.3 Å². The standard InChI is InChI=1S/C11H19NO5/c1-16-6-4-12(8-11(14)15)10(13)7-9-3-2-5-17-9/h9H,2-8H2,1H3,(H,14,15). The highest BCUT2D eigenvalue weighted by molar-refractivity contribution is 5.81. The van der Waals surface area contributed by atoms with Gasteiger partial charge in [-0.2, -0.15) is 0 Å². The van der Waals surface area contributed by atoms with Gasteiger partial charge in [-0.05, 0) is 12.8 Å². The monoisotopic (exact) mass is 245 g/mol. The second-order valence-corrected chi connectivity index (χ2v) is 4.04. The van der Waals surface area contributed by atoms with E-state index in [2.05, 4.69) is 0 Å². The zero-order valence-corrected chi connectivity index (χ0v) is 10.1. The summed E-state index contributed by atoms with van der Waals surface area (Å²) >= 11 is 0. The van der Waals surface area contributed by atoms with Crippen molar-refractivity contribution in [2.75, 3.05) is 33.4 Å². The Morgan fingerprint density at radius 2 is 2.29 bits per heavy atom. The number of aliphatic carboxylic acids is 1. The predicted molar refractivity (Wildman–Crippen MR) is 59.7 cm³/mol. The van der Waals surface area contributed by atoms with Gasteiger partial charge in [-0.1, -0.05) is 0 Å². The van der Waals surface area contributed by atoms with Crippen LogP contribution >= 0.6 is 0 Å². The van der Waals surface area contributed by atoms with Gasteiger partial charge in [0.25, 0.3) is 0 Å². The predicted octanol–water partition coefficient (Wildman–Crippen LogP) is 0.115. The first kappa shape index (κ1) is 13.9. The Kier molecular flexibility index (Phi) is 5.93. The van der Waals surface area contributed by atoms with Crippen LogP contribution in [0, 0.1) is 0 Å². The third-order valence-electron chi connectivity index (χ3n) is 2.67. The van der Waals surface area contributed by atoms with Crippen LogP contribution in [0.15, 0.2) is 0 Å². The van der Waals surface area contributed by atoms with Gasteiger partial charge in [0.05, 0.1) is 19.1 Å². The molecule has 1 aliphatic rings. The molecule has 0 aromatic carbocycles. The van der Waals surface area contributed by atoms with Crippen molar-refractivity contribution in [3.63, 3.8) is 0 Å². The Labute approximate surface area is 100 Å². The lowest BCUT2D eigenvalue weighted by Gasteiger charge is -2.21. The molecule has 98 valence electrons. The van der Waals surface area contributed by atoms with Crippen LogP contribution in [0.5, 0.6) is 0 Å². The highest BCUT2D eigenvalue weighted by Crippen LogP contribution is 2.16. The zero-order chi connectivity index (χ0) is 12.7. The Morgan fingerprint density at radius 1 is 1.53 bits per heavy atom. The van der Waals surface area contributed by atoms with Crippen molar-refractivity contribution in [2.45, 2.75) is 25.4 Å². The zero-order valence-electron chi connectivity index (χ0n) is 10.1. The van der Waals surface area contributed by atoms with Crippen LogP contribution in [-0.2, 0) is 19.1 Å². The van der Waals surface area contributed by atoms with E-state index in [9.17, 15) is 9.59 Å². The van der Waals surface area contributed by atoms with Crippen LogP contribution in [0.2, 0.25) is 0 Å². The molecule has 17 heavy (non-hydrogen) atoms. The number of ether oxygens (including phenoxy) is 2. The van der Waals surface area contributed by atoms with Gasteiger partial charge in [-0.3, -0.25) is 9.59 Å². The first-order valence-corrected chi connectivity index (χ1v) is 5.73. The largest absolute Gasteiger partial charge is 0.480 e. The molecule has 1 amide bonds. The number of carboxylic acids is 1. The molecule has 0 spiro atoms. The fraction of sp³-hybridized carbons (Fsp3) is 0.818. The third-order valence-corrected chi connectivity index (χ3v) is 2.67. The molecule has 1 N–H and O–H groups in total. The van der Waals surface area contributed by atoms with E-state index < -0.39 is 5.97 Å². The first-order valence-electron chi connectivity index (χ1n) is 5.73. The van der Waals surface area contributed by atoms with Gasteiger partial charge < -0.3 is 19.5 Å². The minimum Gasteiger partial charge on any atom is -0.480 e. The summed E-state index contributed by atoms with van der Waals surface area (Å²) in [5.74, 6) is -1.20. The first-order chi connectivity index (χ1) is 8.13. The van der Waals surface area contributed by atoms with Crippen LogP contribution in [-0.4, -0.2) is 61.4 Å². The Hall–Kier alpha value is -1.14. The highest BCUT2D eigenvalue weighted by Gasteiger charge is 2.23. The van der Waals surface area contributed by atoms with Gasteiger partial charge in [0.15, 0.2) is 0 Å². The van der Waals surface area contributed by atoms with Gasteiger partial charge in [0.1, 0.15) is 6.54 Å². The smallest absolute Gasteiger partial charge is 0.323 e. The Balaban J connectivity index is 2.42. The lowest BCUT2D eigenvalue weighted by molar-refractivity contribution is -0.145. The molecule has 1 aliphatic heterocycles. The number of carboxylic acid groups (broad SMARTS) is 1. The average Bonchev–Trinajstić information content (AvgIpc) is 2.76. The fourth-order valence-corrected chi connectivity index (χ4v) is 1.79. The second kappa shape index (κ2) is 7.24. The quantitative estimate of drug-likeness (QED) is 0.689. The summed E-state index contributed by atoms with van der Waals surface area (Å²) in [6, 6.07) is 0. The summed E-state index contributed by atoms with van der Waals surface area (Å²) in [5, 5.41) is 8.73. The number of methoxy groups -OCH3 is 1. The molecule has 1 fully saturated rings. The minimum atomic E-state index is -1.01. The number of carbonyl (C=O) groups is 2.